The molecule has 26 heavy (non-hydrogen) atoms. The number of anilines is 1. The summed E-state index contributed by atoms with van der Waals surface area (Å²) in [5.74, 6) is 1.43. The Morgan fingerprint density at radius 2 is 1.88 bits per heavy atom. The fourth-order valence-corrected chi connectivity index (χ4v) is 5.53. The van der Waals surface area contributed by atoms with E-state index in [9.17, 15) is 18.5 Å². The van der Waals surface area contributed by atoms with E-state index in [2.05, 4.69) is 14.8 Å². The minimum atomic E-state index is -2.86. The van der Waals surface area contributed by atoms with E-state index in [1.165, 1.54) is 12.1 Å². The highest BCUT2D eigenvalue weighted by molar-refractivity contribution is 7.91. The predicted molar refractivity (Wildman–Crippen MR) is 99.2 cm³/mol. The second-order valence-corrected chi connectivity index (χ2v) is 9.11. The molecule has 0 spiro atoms. The molecule has 2 fully saturated rings. The first-order valence-electron chi connectivity index (χ1n) is 8.66. The number of nitro groups is 1. The minimum Gasteiger partial charge on any atom is -0.354 e. The van der Waals surface area contributed by atoms with Gasteiger partial charge in [-0.05, 0) is 24.6 Å². The minimum absolute atomic E-state index is 0.0622. The summed E-state index contributed by atoms with van der Waals surface area (Å²) in [7, 11) is -2.86. The van der Waals surface area contributed by atoms with Crippen LogP contribution in [0.3, 0.4) is 0 Å². The molecule has 2 aromatic rings. The van der Waals surface area contributed by atoms with E-state index in [4.69, 9.17) is 0 Å². The molecule has 8 nitrogen and oxygen atoms in total. The van der Waals surface area contributed by atoms with Crippen LogP contribution in [0.1, 0.15) is 6.42 Å². The lowest BCUT2D eigenvalue weighted by atomic mass is 10.1. The molecule has 0 aliphatic carbocycles. The lowest BCUT2D eigenvalue weighted by Gasteiger charge is -2.38. The molecule has 9 heteroatoms. The lowest BCUT2D eigenvalue weighted by molar-refractivity contribution is -0.384. The van der Waals surface area contributed by atoms with Crippen LogP contribution >= 0.6 is 0 Å². The van der Waals surface area contributed by atoms with Gasteiger partial charge in [0.15, 0.2) is 9.84 Å². The average Bonchev–Trinajstić information content (AvgIpc) is 3.01. The Kier molecular flexibility index (Phi) is 4.28. The van der Waals surface area contributed by atoms with Crippen molar-refractivity contribution in [2.75, 3.05) is 42.6 Å². The van der Waals surface area contributed by atoms with Gasteiger partial charge in [0.1, 0.15) is 5.82 Å². The molecule has 0 saturated carbocycles. The Bertz CT molecular complexity index is 954. The monoisotopic (exact) mass is 376 g/mol. The predicted octanol–water partition coefficient (Wildman–Crippen LogP) is 1.45. The quantitative estimate of drug-likeness (QED) is 0.591. The number of non-ortho nitro benzene ring substituents is 1. The molecule has 1 aromatic heterocycles. The molecule has 1 unspecified atom stereocenters. The van der Waals surface area contributed by atoms with Crippen LogP contribution in [0.5, 0.6) is 0 Å². The number of pyridine rings is 1. The van der Waals surface area contributed by atoms with Crippen molar-refractivity contribution in [3.63, 3.8) is 0 Å². The number of fused-ring (bicyclic) bond motifs is 1. The van der Waals surface area contributed by atoms with Gasteiger partial charge in [0, 0.05) is 49.7 Å². The van der Waals surface area contributed by atoms with Crippen molar-refractivity contribution < 1.29 is 13.3 Å². The second kappa shape index (κ2) is 6.48. The molecule has 0 amide bonds. The fourth-order valence-electron chi connectivity index (χ4n) is 3.77. The van der Waals surface area contributed by atoms with Crippen LogP contribution in [0, 0.1) is 10.1 Å². The number of benzene rings is 1. The number of rotatable bonds is 3. The summed E-state index contributed by atoms with van der Waals surface area (Å²) in [5.41, 5.74) is 0.796. The van der Waals surface area contributed by atoms with Crippen LogP contribution in [0.4, 0.5) is 11.5 Å². The molecular formula is C17H20N4O4S. The van der Waals surface area contributed by atoms with Gasteiger partial charge in [0.2, 0.25) is 0 Å². The maximum atomic E-state index is 11.7. The van der Waals surface area contributed by atoms with E-state index in [0.717, 1.165) is 49.3 Å². The Balaban J connectivity index is 1.46. The number of hydrogen-bond donors (Lipinski definition) is 0. The Labute approximate surface area is 151 Å². The first-order chi connectivity index (χ1) is 12.4. The Morgan fingerprint density at radius 1 is 1.12 bits per heavy atom. The summed E-state index contributed by atoms with van der Waals surface area (Å²) < 4.78 is 23.3. The summed E-state index contributed by atoms with van der Waals surface area (Å²) in [4.78, 5) is 19.6. The number of aromatic nitrogens is 1. The zero-order chi connectivity index (χ0) is 18.3. The molecule has 1 atom stereocenters. The molecule has 0 bridgehead atoms. The fraction of sp³-hybridized carbons (Fsp3) is 0.471. The second-order valence-electron chi connectivity index (χ2n) is 6.88. The number of piperazine rings is 1. The zero-order valence-electron chi connectivity index (χ0n) is 14.2. The van der Waals surface area contributed by atoms with Crippen molar-refractivity contribution in [2.24, 2.45) is 0 Å². The van der Waals surface area contributed by atoms with E-state index in [0.29, 0.717) is 5.75 Å². The lowest BCUT2D eigenvalue weighted by Crippen LogP contribution is -2.51. The maximum Gasteiger partial charge on any atom is 0.270 e. The summed E-state index contributed by atoms with van der Waals surface area (Å²) >= 11 is 0. The maximum absolute atomic E-state index is 11.7. The highest BCUT2D eigenvalue weighted by Gasteiger charge is 2.33. The highest BCUT2D eigenvalue weighted by Crippen LogP contribution is 2.24. The van der Waals surface area contributed by atoms with Crippen LogP contribution < -0.4 is 4.90 Å². The van der Waals surface area contributed by atoms with E-state index >= 15 is 0 Å². The molecule has 0 radical (unpaired) electrons. The van der Waals surface area contributed by atoms with Crippen LogP contribution in [-0.4, -0.2) is 67.0 Å². The van der Waals surface area contributed by atoms with Gasteiger partial charge < -0.3 is 4.90 Å². The van der Waals surface area contributed by atoms with Crippen LogP contribution in [-0.2, 0) is 9.84 Å². The number of sulfone groups is 1. The molecule has 4 rings (SSSR count). The van der Waals surface area contributed by atoms with Gasteiger partial charge in [-0.25, -0.2) is 13.4 Å². The molecule has 2 aliphatic rings. The van der Waals surface area contributed by atoms with Crippen molar-refractivity contribution in [3.8, 4) is 0 Å². The summed E-state index contributed by atoms with van der Waals surface area (Å²) in [6, 6.07) is 8.58. The third-order valence-corrected chi connectivity index (χ3v) is 6.98. The van der Waals surface area contributed by atoms with Gasteiger partial charge in [-0.3, -0.25) is 15.0 Å². The van der Waals surface area contributed by atoms with Gasteiger partial charge in [0.05, 0.1) is 21.9 Å². The Morgan fingerprint density at radius 3 is 2.54 bits per heavy atom. The van der Waals surface area contributed by atoms with Crippen molar-refractivity contribution in [2.45, 2.75) is 12.5 Å². The van der Waals surface area contributed by atoms with E-state index in [1.54, 1.807) is 6.07 Å². The zero-order valence-corrected chi connectivity index (χ0v) is 15.1. The van der Waals surface area contributed by atoms with Crippen molar-refractivity contribution in [1.82, 2.24) is 9.88 Å². The Hall–Kier alpha value is -2.26. The molecule has 3 heterocycles. The number of hydrogen-bond acceptors (Lipinski definition) is 7. The first kappa shape index (κ1) is 17.2. The largest absolute Gasteiger partial charge is 0.354 e. The molecule has 0 N–H and O–H groups in total. The van der Waals surface area contributed by atoms with Crippen LogP contribution in [0.2, 0.25) is 0 Å². The van der Waals surface area contributed by atoms with E-state index in [-0.39, 0.29) is 17.5 Å². The van der Waals surface area contributed by atoms with Gasteiger partial charge >= 0.3 is 0 Å². The third kappa shape index (κ3) is 3.36. The van der Waals surface area contributed by atoms with E-state index < -0.39 is 14.8 Å². The molecule has 2 saturated heterocycles. The van der Waals surface area contributed by atoms with Crippen LogP contribution in [0.15, 0.2) is 30.3 Å². The number of nitrogens with zero attached hydrogens (tertiary/aromatic N) is 4. The molecular weight excluding hydrogens is 356 g/mol. The van der Waals surface area contributed by atoms with Gasteiger partial charge in [-0.2, -0.15) is 0 Å². The van der Waals surface area contributed by atoms with Crippen LogP contribution in [0.25, 0.3) is 10.9 Å². The topological polar surface area (TPSA) is 96.7 Å². The van der Waals surface area contributed by atoms with E-state index in [1.807, 2.05) is 12.1 Å². The van der Waals surface area contributed by atoms with Crippen molar-refractivity contribution in [1.29, 1.82) is 0 Å². The average molecular weight is 376 g/mol. The van der Waals surface area contributed by atoms with Gasteiger partial charge in [0.25, 0.3) is 5.69 Å². The summed E-state index contributed by atoms with van der Waals surface area (Å²) in [6.45, 7) is 3.23. The third-order valence-electron chi connectivity index (χ3n) is 5.23. The van der Waals surface area contributed by atoms with Gasteiger partial charge in [-0.1, -0.05) is 0 Å². The highest BCUT2D eigenvalue weighted by atomic mass is 32.2. The standard InChI is InChI=1S/C17H20N4O4S/c22-21(23)14-2-3-16-13(11-14)1-4-17(18-16)20-8-6-19(7-9-20)15-5-10-26(24,25)12-15/h1-4,11,15H,5-10,12H2. The SMILES string of the molecule is O=[N+]([O-])c1ccc2nc(N3CCN(C4CCS(=O)(=O)C4)CC3)ccc2c1. The smallest absolute Gasteiger partial charge is 0.270 e. The molecule has 138 valence electrons. The normalized spacial score (nSPS) is 23.4. The first-order valence-corrected chi connectivity index (χ1v) is 10.5. The summed E-state index contributed by atoms with van der Waals surface area (Å²) in [5, 5.41) is 11.6. The van der Waals surface area contributed by atoms with Crippen molar-refractivity contribution >= 4 is 32.2 Å². The van der Waals surface area contributed by atoms with Gasteiger partial charge in [-0.15, -0.1) is 0 Å². The molecule has 2 aliphatic heterocycles. The summed E-state index contributed by atoms with van der Waals surface area (Å²) in [6.07, 6.45) is 0.731. The van der Waals surface area contributed by atoms with Crippen molar-refractivity contribution in [3.05, 3.63) is 40.4 Å². The number of nitro benzene ring substituents is 1. The molecule has 1 aromatic carbocycles.